The molecule has 0 amide bonds. The van der Waals surface area contributed by atoms with Gasteiger partial charge in [-0.05, 0) is 57.1 Å². The maximum Gasteiger partial charge on any atom is 0.306 e. The summed E-state index contributed by atoms with van der Waals surface area (Å²) in [6.07, 6.45) is 12.3. The van der Waals surface area contributed by atoms with Gasteiger partial charge in [0.15, 0.2) is 22.8 Å². The standard InChI is InChI=1S/C32H46ClFO5/c1-5-6-7-8-9-10-11-12-28(38)39-32(27(37)20-33)21(2)17-25-24-14-13-22-18-23(35)15-16-29(22,3)31(24,34)26(36)19-30(25,32)4/h15-16,18,21,24-26,36H,5-14,17,19-20H2,1-4H3/t21-,24-,25-,26-,29-,30-,31-,32-/m0/s1. The molecule has 0 aliphatic heterocycles. The second-order valence-corrected chi connectivity index (χ2v) is 13.3. The van der Waals surface area contributed by atoms with Crippen LogP contribution in [0, 0.1) is 28.6 Å². The average Bonchev–Trinajstić information content (AvgIpc) is 3.11. The molecule has 3 fully saturated rings. The van der Waals surface area contributed by atoms with E-state index in [4.69, 9.17) is 16.3 Å². The number of halogens is 2. The van der Waals surface area contributed by atoms with Crippen LogP contribution in [-0.4, -0.2) is 45.9 Å². The maximum absolute atomic E-state index is 17.4. The third-order valence-corrected chi connectivity index (χ3v) is 11.2. The Kier molecular flexibility index (Phi) is 8.89. The van der Waals surface area contributed by atoms with Gasteiger partial charge >= 0.3 is 5.97 Å². The summed E-state index contributed by atoms with van der Waals surface area (Å²) in [5.41, 5.74) is -4.86. The van der Waals surface area contributed by atoms with E-state index in [-0.39, 0.29) is 42.1 Å². The molecule has 39 heavy (non-hydrogen) atoms. The van der Waals surface area contributed by atoms with Crippen LogP contribution in [0.15, 0.2) is 23.8 Å². The highest BCUT2D eigenvalue weighted by Gasteiger charge is 2.77. The highest BCUT2D eigenvalue weighted by molar-refractivity contribution is 6.29. The summed E-state index contributed by atoms with van der Waals surface area (Å²) in [4.78, 5) is 39.0. The van der Waals surface area contributed by atoms with Crippen molar-refractivity contribution in [1.29, 1.82) is 0 Å². The molecule has 7 heteroatoms. The van der Waals surface area contributed by atoms with Crippen LogP contribution in [0.25, 0.3) is 0 Å². The summed E-state index contributed by atoms with van der Waals surface area (Å²) in [7, 11) is 0. The molecule has 218 valence electrons. The SMILES string of the molecule is CCCCCCCCCC(=O)O[C@]1(C(=O)CCl)[C@@H](C)C[C@H]2[C@@H]3CCC4=CC(=O)C=C[C@]4(C)[C@@]3(F)[C@@H](O)C[C@@]21C. The van der Waals surface area contributed by atoms with Crippen molar-refractivity contribution in [3.8, 4) is 0 Å². The van der Waals surface area contributed by atoms with Crippen molar-refractivity contribution in [2.45, 2.75) is 122 Å². The molecule has 5 nitrogen and oxygen atoms in total. The Morgan fingerprint density at radius 3 is 2.46 bits per heavy atom. The van der Waals surface area contributed by atoms with Gasteiger partial charge in [-0.1, -0.05) is 70.9 Å². The van der Waals surface area contributed by atoms with E-state index in [1.807, 2.05) is 13.8 Å². The number of rotatable bonds is 11. The molecule has 3 saturated carbocycles. The molecule has 0 saturated heterocycles. The minimum atomic E-state index is -2.00. The highest BCUT2D eigenvalue weighted by Crippen LogP contribution is 2.71. The fraction of sp³-hybridized carbons (Fsp3) is 0.781. The Hall–Kier alpha value is -1.53. The first kappa shape index (κ1) is 30.4. The molecule has 0 aromatic rings. The number of carbonyl (C=O) groups is 3. The lowest BCUT2D eigenvalue weighted by atomic mass is 9.44. The Morgan fingerprint density at radius 2 is 1.79 bits per heavy atom. The summed E-state index contributed by atoms with van der Waals surface area (Å²) in [5, 5.41) is 11.6. The lowest BCUT2D eigenvalue weighted by Crippen LogP contribution is -2.70. The van der Waals surface area contributed by atoms with Gasteiger partial charge in [0, 0.05) is 29.1 Å². The molecule has 0 unspecified atom stereocenters. The van der Waals surface area contributed by atoms with E-state index in [0.717, 1.165) is 19.3 Å². The van der Waals surface area contributed by atoms with Crippen LogP contribution in [0.4, 0.5) is 4.39 Å². The van der Waals surface area contributed by atoms with Gasteiger partial charge in [0.2, 0.25) is 0 Å². The minimum Gasteiger partial charge on any atom is -0.450 e. The molecule has 0 radical (unpaired) electrons. The number of allylic oxidation sites excluding steroid dienone is 4. The van der Waals surface area contributed by atoms with E-state index in [0.29, 0.717) is 31.3 Å². The van der Waals surface area contributed by atoms with Crippen molar-refractivity contribution in [2.24, 2.45) is 28.6 Å². The summed E-state index contributed by atoms with van der Waals surface area (Å²) in [6, 6.07) is 0. The molecule has 0 spiro atoms. The third-order valence-electron chi connectivity index (χ3n) is 11.0. The first-order valence-electron chi connectivity index (χ1n) is 15.0. The van der Waals surface area contributed by atoms with Gasteiger partial charge in [-0.2, -0.15) is 0 Å². The monoisotopic (exact) mass is 564 g/mol. The summed E-state index contributed by atoms with van der Waals surface area (Å²) in [5.74, 6) is -2.46. The van der Waals surface area contributed by atoms with E-state index in [2.05, 4.69) is 6.92 Å². The summed E-state index contributed by atoms with van der Waals surface area (Å²) >= 11 is 6.15. The smallest absolute Gasteiger partial charge is 0.306 e. The van der Waals surface area contributed by atoms with Gasteiger partial charge in [-0.3, -0.25) is 14.4 Å². The van der Waals surface area contributed by atoms with Crippen molar-refractivity contribution in [3.05, 3.63) is 23.8 Å². The second-order valence-electron chi connectivity index (χ2n) is 13.0. The van der Waals surface area contributed by atoms with Gasteiger partial charge < -0.3 is 9.84 Å². The number of fused-ring (bicyclic) bond motifs is 5. The van der Waals surface area contributed by atoms with Crippen LogP contribution < -0.4 is 0 Å². The van der Waals surface area contributed by atoms with Crippen LogP contribution in [0.2, 0.25) is 0 Å². The average molecular weight is 565 g/mol. The number of ether oxygens (including phenoxy) is 1. The van der Waals surface area contributed by atoms with Crippen molar-refractivity contribution >= 4 is 29.1 Å². The molecule has 1 N–H and O–H groups in total. The van der Waals surface area contributed by atoms with Crippen molar-refractivity contribution in [2.75, 3.05) is 5.88 Å². The number of Topliss-reactive ketones (excluding diaryl/α,β-unsaturated/α-hetero) is 1. The second kappa shape index (κ2) is 11.4. The molecule has 0 aromatic carbocycles. The fourth-order valence-corrected chi connectivity index (χ4v) is 9.15. The number of carbonyl (C=O) groups excluding carboxylic acids is 3. The number of esters is 1. The van der Waals surface area contributed by atoms with Gasteiger partial charge in [0.05, 0.1) is 12.0 Å². The van der Waals surface area contributed by atoms with E-state index in [9.17, 15) is 19.5 Å². The molecule has 8 atom stereocenters. The molecule has 4 rings (SSSR count). The third kappa shape index (κ3) is 4.66. The summed E-state index contributed by atoms with van der Waals surface area (Å²) < 4.78 is 23.6. The zero-order valence-corrected chi connectivity index (χ0v) is 24.8. The van der Waals surface area contributed by atoms with E-state index >= 15 is 4.39 Å². The number of aliphatic hydroxyl groups excluding tert-OH is 1. The largest absolute Gasteiger partial charge is 0.450 e. The zero-order chi connectivity index (χ0) is 28.6. The van der Waals surface area contributed by atoms with Gasteiger partial charge in [0.25, 0.3) is 0 Å². The van der Waals surface area contributed by atoms with E-state index in [1.54, 1.807) is 13.0 Å². The predicted molar refractivity (Wildman–Crippen MR) is 150 cm³/mol. The van der Waals surface area contributed by atoms with Crippen molar-refractivity contribution < 1.29 is 28.6 Å². The fourth-order valence-electron chi connectivity index (χ4n) is 8.96. The van der Waals surface area contributed by atoms with Gasteiger partial charge in [-0.15, -0.1) is 11.6 Å². The number of ketones is 2. The molecule has 0 heterocycles. The molecule has 4 aliphatic carbocycles. The first-order valence-corrected chi connectivity index (χ1v) is 15.6. The van der Waals surface area contributed by atoms with Crippen LogP contribution in [0.5, 0.6) is 0 Å². The lowest BCUT2D eigenvalue weighted by Gasteiger charge is -2.62. The Morgan fingerprint density at radius 1 is 1.13 bits per heavy atom. The van der Waals surface area contributed by atoms with Crippen LogP contribution in [0.3, 0.4) is 0 Å². The Bertz CT molecular complexity index is 1040. The molecule has 4 aliphatic rings. The van der Waals surface area contributed by atoms with E-state index < -0.39 is 40.1 Å². The molecular formula is C32H46ClFO5. The quantitative estimate of drug-likeness (QED) is 0.169. The van der Waals surface area contributed by atoms with Crippen LogP contribution >= 0.6 is 11.6 Å². The van der Waals surface area contributed by atoms with Crippen LogP contribution in [0.1, 0.15) is 105 Å². The zero-order valence-electron chi connectivity index (χ0n) is 24.1. The number of alkyl halides is 2. The first-order chi connectivity index (χ1) is 18.4. The lowest BCUT2D eigenvalue weighted by molar-refractivity contribution is -0.227. The number of aliphatic hydroxyl groups is 1. The number of unbranched alkanes of at least 4 members (excludes halogenated alkanes) is 6. The predicted octanol–water partition coefficient (Wildman–Crippen LogP) is 6.83. The minimum absolute atomic E-state index is 0.0208. The van der Waals surface area contributed by atoms with Gasteiger partial charge in [-0.25, -0.2) is 4.39 Å². The normalized spacial score (nSPS) is 40.9. The maximum atomic E-state index is 17.4. The van der Waals surface area contributed by atoms with Crippen LogP contribution in [-0.2, 0) is 19.1 Å². The summed E-state index contributed by atoms with van der Waals surface area (Å²) in [6.45, 7) is 7.75. The number of hydrogen-bond acceptors (Lipinski definition) is 5. The number of hydrogen-bond donors (Lipinski definition) is 1. The molecule has 0 bridgehead atoms. The van der Waals surface area contributed by atoms with Crippen molar-refractivity contribution in [3.63, 3.8) is 0 Å². The highest BCUT2D eigenvalue weighted by atomic mass is 35.5. The molecule has 0 aromatic heterocycles. The van der Waals surface area contributed by atoms with Crippen molar-refractivity contribution in [1.82, 2.24) is 0 Å². The van der Waals surface area contributed by atoms with E-state index in [1.165, 1.54) is 31.4 Å². The van der Waals surface area contributed by atoms with Gasteiger partial charge in [0.1, 0.15) is 0 Å². The Labute approximate surface area is 238 Å². The Balaban J connectivity index is 1.60. The molecular weight excluding hydrogens is 519 g/mol. The topological polar surface area (TPSA) is 80.7 Å².